The molecule has 1 aromatic heterocycles. The van der Waals surface area contributed by atoms with Crippen molar-refractivity contribution in [1.82, 2.24) is 9.88 Å². The second kappa shape index (κ2) is 9.49. The van der Waals surface area contributed by atoms with Crippen LogP contribution in [0, 0.1) is 6.92 Å². The number of hydrogen-bond donors (Lipinski definition) is 1. The lowest BCUT2D eigenvalue weighted by molar-refractivity contribution is -0.113. The summed E-state index contributed by atoms with van der Waals surface area (Å²) in [6, 6.07) is 5.74. The van der Waals surface area contributed by atoms with Gasteiger partial charge in [0, 0.05) is 23.5 Å². The molecule has 0 aliphatic carbocycles. The number of anilines is 1. The molecule has 1 amide bonds. The van der Waals surface area contributed by atoms with Crippen LogP contribution in [0.3, 0.4) is 0 Å². The van der Waals surface area contributed by atoms with Crippen LogP contribution in [0.5, 0.6) is 0 Å². The number of aromatic nitrogens is 1. The van der Waals surface area contributed by atoms with Crippen LogP contribution in [0.4, 0.5) is 5.69 Å². The first-order valence-corrected chi connectivity index (χ1v) is 9.40. The predicted molar refractivity (Wildman–Crippen MR) is 100 cm³/mol. The second-order valence-corrected chi connectivity index (χ2v) is 6.55. The quantitative estimate of drug-likeness (QED) is 0.702. The van der Waals surface area contributed by atoms with Crippen LogP contribution in [-0.2, 0) is 4.79 Å². The van der Waals surface area contributed by atoms with Crippen LogP contribution >= 0.6 is 11.8 Å². The van der Waals surface area contributed by atoms with Crippen molar-refractivity contribution in [2.75, 3.05) is 36.5 Å². The van der Waals surface area contributed by atoms with E-state index in [-0.39, 0.29) is 5.91 Å². The molecule has 0 bridgehead atoms. The summed E-state index contributed by atoms with van der Waals surface area (Å²) in [6.45, 7) is 9.40. The molecule has 130 valence electrons. The summed E-state index contributed by atoms with van der Waals surface area (Å²) in [7, 11) is 0. The number of thioether (sulfide) groups is 1. The van der Waals surface area contributed by atoms with Gasteiger partial charge in [-0.15, -0.1) is 0 Å². The molecule has 1 aromatic carbocycles. The Morgan fingerprint density at radius 2 is 2.12 bits per heavy atom. The number of nitrogens with zero attached hydrogens (tertiary/aromatic N) is 2. The molecule has 0 aliphatic heterocycles. The Morgan fingerprint density at radius 3 is 2.79 bits per heavy atom. The Balaban J connectivity index is 1.87. The average molecular weight is 347 g/mol. The standard InChI is InChI=1S/C18H25N3O2S/c1-4-21(5-2)10-12-24-13-17(22)20-16-8-6-7-15(14(16)3)18-19-9-11-23-18/h6-9,11H,4-5,10,12-13H2,1-3H3,(H,20,22). The Hall–Kier alpha value is -1.79. The molecule has 1 heterocycles. The monoisotopic (exact) mass is 347 g/mol. The summed E-state index contributed by atoms with van der Waals surface area (Å²) in [5, 5.41) is 2.99. The van der Waals surface area contributed by atoms with E-state index >= 15 is 0 Å². The first-order chi connectivity index (χ1) is 11.7. The van der Waals surface area contributed by atoms with Gasteiger partial charge in [0.15, 0.2) is 0 Å². The van der Waals surface area contributed by atoms with Crippen LogP contribution in [0.2, 0.25) is 0 Å². The van der Waals surface area contributed by atoms with E-state index in [9.17, 15) is 4.79 Å². The molecule has 0 spiro atoms. The van der Waals surface area contributed by atoms with E-state index < -0.39 is 0 Å². The molecular weight excluding hydrogens is 322 g/mol. The van der Waals surface area contributed by atoms with Gasteiger partial charge in [-0.2, -0.15) is 11.8 Å². The molecule has 0 saturated heterocycles. The normalized spacial score (nSPS) is 11.0. The SMILES string of the molecule is CCN(CC)CCSCC(=O)Nc1cccc(-c2ncco2)c1C. The second-order valence-electron chi connectivity index (χ2n) is 5.44. The third kappa shape index (κ3) is 5.11. The minimum Gasteiger partial charge on any atom is -0.445 e. The highest BCUT2D eigenvalue weighted by atomic mass is 32.2. The van der Waals surface area contributed by atoms with Crippen LogP contribution < -0.4 is 5.32 Å². The molecule has 24 heavy (non-hydrogen) atoms. The maximum Gasteiger partial charge on any atom is 0.234 e. The number of benzene rings is 1. The maximum atomic E-state index is 12.2. The number of carbonyl (C=O) groups excluding carboxylic acids is 1. The lowest BCUT2D eigenvalue weighted by atomic mass is 10.1. The van der Waals surface area contributed by atoms with Crippen molar-refractivity contribution >= 4 is 23.4 Å². The van der Waals surface area contributed by atoms with Crippen molar-refractivity contribution in [3.63, 3.8) is 0 Å². The van der Waals surface area contributed by atoms with E-state index in [0.717, 1.165) is 42.2 Å². The Kier molecular flexibility index (Phi) is 7.34. The summed E-state index contributed by atoms with van der Waals surface area (Å²) in [5.41, 5.74) is 2.66. The summed E-state index contributed by atoms with van der Waals surface area (Å²) in [6.07, 6.45) is 3.17. The zero-order chi connectivity index (χ0) is 17.4. The first-order valence-electron chi connectivity index (χ1n) is 8.25. The summed E-state index contributed by atoms with van der Waals surface area (Å²) >= 11 is 1.66. The minimum absolute atomic E-state index is 0.0206. The summed E-state index contributed by atoms with van der Waals surface area (Å²) in [4.78, 5) is 18.7. The van der Waals surface area contributed by atoms with Crippen molar-refractivity contribution in [1.29, 1.82) is 0 Å². The lowest BCUT2D eigenvalue weighted by Crippen LogP contribution is -2.26. The fourth-order valence-electron chi connectivity index (χ4n) is 2.44. The molecule has 2 aromatic rings. The van der Waals surface area contributed by atoms with Crippen molar-refractivity contribution in [3.05, 3.63) is 36.2 Å². The molecular formula is C18H25N3O2S. The molecule has 1 N–H and O–H groups in total. The third-order valence-electron chi connectivity index (χ3n) is 3.95. The molecule has 2 rings (SSSR count). The molecule has 0 fully saturated rings. The van der Waals surface area contributed by atoms with E-state index in [2.05, 4.69) is 29.0 Å². The summed E-state index contributed by atoms with van der Waals surface area (Å²) < 4.78 is 5.35. The van der Waals surface area contributed by atoms with Crippen LogP contribution in [0.15, 0.2) is 35.1 Å². The summed E-state index contributed by atoms with van der Waals surface area (Å²) in [5.74, 6) is 2.01. The van der Waals surface area contributed by atoms with Crippen molar-refractivity contribution in [2.45, 2.75) is 20.8 Å². The molecule has 0 aliphatic rings. The van der Waals surface area contributed by atoms with E-state index in [1.807, 2.05) is 25.1 Å². The van der Waals surface area contributed by atoms with Crippen molar-refractivity contribution in [3.8, 4) is 11.5 Å². The van der Waals surface area contributed by atoms with Gasteiger partial charge in [-0.1, -0.05) is 19.9 Å². The first kappa shape index (κ1) is 18.5. The molecule has 0 unspecified atom stereocenters. The largest absolute Gasteiger partial charge is 0.445 e. The lowest BCUT2D eigenvalue weighted by Gasteiger charge is -2.17. The van der Waals surface area contributed by atoms with Crippen LogP contribution in [0.1, 0.15) is 19.4 Å². The highest BCUT2D eigenvalue weighted by Crippen LogP contribution is 2.27. The van der Waals surface area contributed by atoms with Crippen LogP contribution in [-0.4, -0.2) is 46.9 Å². The fourth-order valence-corrected chi connectivity index (χ4v) is 3.23. The van der Waals surface area contributed by atoms with Gasteiger partial charge in [0.05, 0.1) is 11.9 Å². The van der Waals surface area contributed by atoms with Crippen LogP contribution in [0.25, 0.3) is 11.5 Å². The number of rotatable bonds is 9. The van der Waals surface area contributed by atoms with E-state index in [4.69, 9.17) is 4.42 Å². The predicted octanol–water partition coefficient (Wildman–Crippen LogP) is 3.66. The average Bonchev–Trinajstić information content (AvgIpc) is 3.11. The molecule has 6 heteroatoms. The highest BCUT2D eigenvalue weighted by Gasteiger charge is 2.11. The highest BCUT2D eigenvalue weighted by molar-refractivity contribution is 7.99. The fraction of sp³-hybridized carbons (Fsp3) is 0.444. The van der Waals surface area contributed by atoms with Crippen molar-refractivity contribution < 1.29 is 9.21 Å². The Morgan fingerprint density at radius 1 is 1.33 bits per heavy atom. The van der Waals surface area contributed by atoms with E-state index in [0.29, 0.717) is 11.6 Å². The van der Waals surface area contributed by atoms with E-state index in [1.165, 1.54) is 0 Å². The third-order valence-corrected chi connectivity index (χ3v) is 4.89. The number of hydrogen-bond acceptors (Lipinski definition) is 5. The van der Waals surface area contributed by atoms with Gasteiger partial charge in [0.1, 0.15) is 6.26 Å². The number of nitrogens with one attached hydrogen (secondary N) is 1. The van der Waals surface area contributed by atoms with Gasteiger partial charge >= 0.3 is 0 Å². The molecule has 0 saturated carbocycles. The van der Waals surface area contributed by atoms with Gasteiger partial charge in [0.2, 0.25) is 11.8 Å². The molecule has 0 radical (unpaired) electrons. The molecule has 0 atom stereocenters. The Labute approximate surface area is 147 Å². The van der Waals surface area contributed by atoms with Gasteiger partial charge in [-0.05, 0) is 37.7 Å². The topological polar surface area (TPSA) is 58.4 Å². The zero-order valence-corrected chi connectivity index (χ0v) is 15.4. The van der Waals surface area contributed by atoms with E-state index in [1.54, 1.807) is 24.2 Å². The zero-order valence-electron chi connectivity index (χ0n) is 14.5. The number of carbonyl (C=O) groups is 1. The number of amides is 1. The minimum atomic E-state index is 0.0206. The maximum absolute atomic E-state index is 12.2. The van der Waals surface area contributed by atoms with Gasteiger partial charge < -0.3 is 14.6 Å². The smallest absolute Gasteiger partial charge is 0.234 e. The molecule has 5 nitrogen and oxygen atoms in total. The number of oxazole rings is 1. The van der Waals surface area contributed by atoms with Gasteiger partial charge in [-0.3, -0.25) is 4.79 Å². The van der Waals surface area contributed by atoms with Gasteiger partial charge in [0.25, 0.3) is 0 Å². The van der Waals surface area contributed by atoms with Crippen molar-refractivity contribution in [2.24, 2.45) is 0 Å². The Bertz CT molecular complexity index is 640. The van der Waals surface area contributed by atoms with Gasteiger partial charge in [-0.25, -0.2) is 4.98 Å².